The molecule has 162 valence electrons. The van der Waals surface area contributed by atoms with Crippen LogP contribution in [0.1, 0.15) is 16.8 Å². The summed E-state index contributed by atoms with van der Waals surface area (Å²) in [5.74, 6) is -0.559. The molecular formula is C24H20BrN3O4. The Kier molecular flexibility index (Phi) is 6.23. The van der Waals surface area contributed by atoms with Crippen molar-refractivity contribution < 1.29 is 19.1 Å². The number of carbonyl (C=O) groups is 3. The predicted molar refractivity (Wildman–Crippen MR) is 126 cm³/mol. The van der Waals surface area contributed by atoms with E-state index in [9.17, 15) is 14.4 Å². The van der Waals surface area contributed by atoms with Crippen molar-refractivity contribution in [3.63, 3.8) is 0 Å². The first-order valence-corrected chi connectivity index (χ1v) is 10.7. The van der Waals surface area contributed by atoms with Gasteiger partial charge in [0.1, 0.15) is 11.8 Å². The first-order chi connectivity index (χ1) is 15.5. The fourth-order valence-corrected chi connectivity index (χ4v) is 3.78. The maximum absolute atomic E-state index is 13.5. The molecule has 0 radical (unpaired) electrons. The summed E-state index contributed by atoms with van der Waals surface area (Å²) in [5, 5.41) is 5.58. The van der Waals surface area contributed by atoms with E-state index in [1.807, 2.05) is 0 Å². The fraction of sp³-hybridized carbons (Fsp3) is 0.125. The average molecular weight is 494 g/mol. The van der Waals surface area contributed by atoms with Gasteiger partial charge >= 0.3 is 0 Å². The summed E-state index contributed by atoms with van der Waals surface area (Å²) < 4.78 is 6.04. The van der Waals surface area contributed by atoms with Gasteiger partial charge in [0.25, 0.3) is 5.91 Å². The second-order valence-electron chi connectivity index (χ2n) is 7.19. The maximum atomic E-state index is 13.5. The number of rotatable bonds is 5. The molecule has 3 amide bonds. The van der Waals surface area contributed by atoms with Crippen molar-refractivity contribution in [2.24, 2.45) is 0 Å². The number of benzene rings is 3. The number of para-hydroxylation sites is 2. The third-order valence-electron chi connectivity index (χ3n) is 5.10. The highest BCUT2D eigenvalue weighted by Gasteiger charge is 2.38. The summed E-state index contributed by atoms with van der Waals surface area (Å²) in [4.78, 5) is 40.5. The minimum Gasteiger partial charge on any atom is -0.497 e. The summed E-state index contributed by atoms with van der Waals surface area (Å²) in [7, 11) is 1.54. The lowest BCUT2D eigenvalue weighted by molar-refractivity contribution is -0.122. The number of halogens is 1. The van der Waals surface area contributed by atoms with Crippen molar-refractivity contribution in [3.8, 4) is 5.75 Å². The van der Waals surface area contributed by atoms with Gasteiger partial charge in [0.2, 0.25) is 11.8 Å². The quantitative estimate of drug-likeness (QED) is 0.549. The van der Waals surface area contributed by atoms with Crippen LogP contribution in [-0.2, 0) is 9.59 Å². The van der Waals surface area contributed by atoms with E-state index in [4.69, 9.17) is 4.74 Å². The molecule has 0 aliphatic carbocycles. The van der Waals surface area contributed by atoms with E-state index in [0.717, 1.165) is 4.47 Å². The van der Waals surface area contributed by atoms with Crippen LogP contribution in [0.4, 0.5) is 17.1 Å². The van der Waals surface area contributed by atoms with Crippen molar-refractivity contribution >= 4 is 50.7 Å². The van der Waals surface area contributed by atoms with Gasteiger partial charge in [0, 0.05) is 15.7 Å². The third kappa shape index (κ3) is 4.50. The van der Waals surface area contributed by atoms with E-state index in [2.05, 4.69) is 26.6 Å². The van der Waals surface area contributed by atoms with Crippen LogP contribution in [0.25, 0.3) is 0 Å². The van der Waals surface area contributed by atoms with Crippen LogP contribution in [0.5, 0.6) is 5.75 Å². The van der Waals surface area contributed by atoms with Crippen molar-refractivity contribution in [1.82, 2.24) is 0 Å². The highest BCUT2D eigenvalue weighted by Crippen LogP contribution is 2.34. The molecular weight excluding hydrogens is 474 g/mol. The van der Waals surface area contributed by atoms with Gasteiger partial charge in [-0.05, 0) is 60.7 Å². The van der Waals surface area contributed by atoms with E-state index < -0.39 is 11.9 Å². The molecule has 0 saturated heterocycles. The molecule has 1 aliphatic rings. The molecule has 4 rings (SSSR count). The number of methoxy groups -OCH3 is 1. The summed E-state index contributed by atoms with van der Waals surface area (Å²) in [6.07, 6.45) is -0.196. The van der Waals surface area contributed by atoms with Gasteiger partial charge < -0.3 is 15.4 Å². The molecule has 0 bridgehead atoms. The van der Waals surface area contributed by atoms with Crippen LogP contribution in [0.2, 0.25) is 0 Å². The number of amides is 3. The van der Waals surface area contributed by atoms with Crippen molar-refractivity contribution in [1.29, 1.82) is 0 Å². The third-order valence-corrected chi connectivity index (χ3v) is 5.63. The van der Waals surface area contributed by atoms with Gasteiger partial charge in [-0.3, -0.25) is 19.3 Å². The number of nitrogens with one attached hydrogen (secondary N) is 2. The average Bonchev–Trinajstić information content (AvgIpc) is 2.80. The van der Waals surface area contributed by atoms with Gasteiger partial charge in [-0.25, -0.2) is 0 Å². The molecule has 1 atom stereocenters. The Morgan fingerprint density at radius 2 is 1.72 bits per heavy atom. The molecule has 1 aliphatic heterocycles. The number of hydrogen-bond acceptors (Lipinski definition) is 4. The molecule has 0 saturated carbocycles. The Morgan fingerprint density at radius 3 is 2.41 bits per heavy atom. The Hall–Kier alpha value is -3.65. The lowest BCUT2D eigenvalue weighted by Crippen LogP contribution is -2.52. The summed E-state index contributed by atoms with van der Waals surface area (Å²) in [5.41, 5.74) is 2.04. The van der Waals surface area contributed by atoms with Gasteiger partial charge in [-0.2, -0.15) is 0 Å². The molecule has 3 aromatic carbocycles. The predicted octanol–water partition coefficient (Wildman–Crippen LogP) is 4.45. The molecule has 32 heavy (non-hydrogen) atoms. The van der Waals surface area contributed by atoms with Crippen LogP contribution >= 0.6 is 15.9 Å². The van der Waals surface area contributed by atoms with Crippen molar-refractivity contribution in [2.45, 2.75) is 12.5 Å². The van der Waals surface area contributed by atoms with E-state index in [1.165, 1.54) is 4.90 Å². The van der Waals surface area contributed by atoms with Gasteiger partial charge in [-0.15, -0.1) is 0 Å². The molecule has 1 heterocycles. The van der Waals surface area contributed by atoms with E-state index in [1.54, 1.807) is 79.9 Å². The van der Waals surface area contributed by atoms with Crippen LogP contribution in [0.3, 0.4) is 0 Å². The molecule has 2 N–H and O–H groups in total. The SMILES string of the molecule is COc1ccc(C(=O)N2c3ccccc3NC(=O)C2CC(=O)Nc2ccc(Br)cc2)cc1. The van der Waals surface area contributed by atoms with Gasteiger partial charge in [0.15, 0.2) is 0 Å². The minimum absolute atomic E-state index is 0.196. The topological polar surface area (TPSA) is 87.7 Å². The number of hydrogen-bond donors (Lipinski definition) is 2. The zero-order valence-corrected chi connectivity index (χ0v) is 18.8. The second kappa shape index (κ2) is 9.23. The minimum atomic E-state index is -1.00. The maximum Gasteiger partial charge on any atom is 0.259 e. The number of ether oxygens (including phenoxy) is 1. The smallest absolute Gasteiger partial charge is 0.259 e. The fourth-order valence-electron chi connectivity index (χ4n) is 3.52. The van der Waals surface area contributed by atoms with Gasteiger partial charge in [0.05, 0.1) is 24.9 Å². The summed E-state index contributed by atoms with van der Waals surface area (Å²) >= 11 is 3.35. The number of carbonyl (C=O) groups excluding carboxylic acids is 3. The zero-order valence-electron chi connectivity index (χ0n) is 17.2. The molecule has 0 spiro atoms. The standard InChI is InChI=1S/C24H20BrN3O4/c1-32-18-12-6-15(7-13-18)24(31)28-20-5-3-2-4-19(20)27-23(30)21(28)14-22(29)26-17-10-8-16(25)9-11-17/h2-13,21H,14H2,1H3,(H,26,29)(H,27,30). The molecule has 0 fully saturated rings. The molecule has 3 aromatic rings. The van der Waals surface area contributed by atoms with Gasteiger partial charge in [-0.1, -0.05) is 28.1 Å². The highest BCUT2D eigenvalue weighted by atomic mass is 79.9. The normalized spacial score (nSPS) is 14.9. The zero-order chi connectivity index (χ0) is 22.7. The molecule has 1 unspecified atom stereocenters. The van der Waals surface area contributed by atoms with Crippen molar-refractivity contribution in [2.75, 3.05) is 22.6 Å². The number of fused-ring (bicyclic) bond motifs is 1. The largest absolute Gasteiger partial charge is 0.497 e. The molecule has 0 aromatic heterocycles. The molecule has 8 heteroatoms. The lowest BCUT2D eigenvalue weighted by Gasteiger charge is -2.36. The Morgan fingerprint density at radius 1 is 1.03 bits per heavy atom. The molecule has 7 nitrogen and oxygen atoms in total. The van der Waals surface area contributed by atoms with Crippen LogP contribution in [0, 0.1) is 0 Å². The van der Waals surface area contributed by atoms with Crippen molar-refractivity contribution in [3.05, 3.63) is 82.8 Å². The second-order valence-corrected chi connectivity index (χ2v) is 8.10. The Labute approximate surface area is 193 Å². The van der Waals surface area contributed by atoms with Crippen LogP contribution < -0.4 is 20.3 Å². The lowest BCUT2D eigenvalue weighted by atomic mass is 10.0. The number of anilines is 3. The van der Waals surface area contributed by atoms with E-state index in [0.29, 0.717) is 28.4 Å². The summed E-state index contributed by atoms with van der Waals surface area (Å²) in [6.45, 7) is 0. The summed E-state index contributed by atoms with van der Waals surface area (Å²) in [6, 6.07) is 19.7. The van der Waals surface area contributed by atoms with Crippen LogP contribution in [0.15, 0.2) is 77.3 Å². The monoisotopic (exact) mass is 493 g/mol. The Bertz CT molecular complexity index is 1160. The first-order valence-electron chi connectivity index (χ1n) is 9.89. The Balaban J connectivity index is 1.64. The van der Waals surface area contributed by atoms with Crippen LogP contribution in [-0.4, -0.2) is 30.9 Å². The van der Waals surface area contributed by atoms with E-state index in [-0.39, 0.29) is 18.2 Å². The van der Waals surface area contributed by atoms with E-state index >= 15 is 0 Å². The number of nitrogens with zero attached hydrogens (tertiary/aromatic N) is 1. The first kappa shape index (κ1) is 21.6. The highest BCUT2D eigenvalue weighted by molar-refractivity contribution is 9.10.